The first-order valence-electron chi connectivity index (χ1n) is 11.6. The van der Waals surface area contributed by atoms with E-state index in [-0.39, 0.29) is 11.5 Å². The maximum atomic E-state index is 13.5. The summed E-state index contributed by atoms with van der Waals surface area (Å²) in [5.74, 6) is 0.465. The minimum Gasteiger partial charge on any atom is -0.379 e. The average molecular weight is 464 g/mol. The van der Waals surface area contributed by atoms with Crippen molar-refractivity contribution in [2.75, 3.05) is 62.8 Å². The number of nitrogens with zero attached hydrogens (tertiary/aromatic N) is 3. The number of H-pyrrole nitrogens is 1. The molecule has 2 aromatic heterocycles. The summed E-state index contributed by atoms with van der Waals surface area (Å²) in [5, 5.41) is 3.93. The third-order valence-corrected chi connectivity index (χ3v) is 6.30. The van der Waals surface area contributed by atoms with E-state index >= 15 is 0 Å². The van der Waals surface area contributed by atoms with E-state index in [2.05, 4.69) is 20.1 Å². The van der Waals surface area contributed by atoms with Gasteiger partial charge in [-0.05, 0) is 42.3 Å². The fraction of sp³-hybridized carbons (Fsp3) is 0.400. The maximum absolute atomic E-state index is 13.5. The van der Waals surface area contributed by atoms with Crippen molar-refractivity contribution in [2.45, 2.75) is 13.5 Å². The zero-order chi connectivity index (χ0) is 23.5. The fourth-order valence-corrected chi connectivity index (χ4v) is 4.50. The van der Waals surface area contributed by atoms with Gasteiger partial charge in [0.15, 0.2) is 0 Å². The molecule has 34 heavy (non-hydrogen) atoms. The number of morpholine rings is 2. The molecule has 0 atom stereocenters. The monoisotopic (exact) mass is 463 g/mol. The summed E-state index contributed by atoms with van der Waals surface area (Å²) >= 11 is 0. The van der Waals surface area contributed by atoms with Gasteiger partial charge in [0.2, 0.25) is 5.56 Å². The summed E-state index contributed by atoms with van der Waals surface area (Å²) < 4.78 is 10.9. The lowest BCUT2D eigenvalue weighted by atomic mass is 10.1. The fourth-order valence-electron chi connectivity index (χ4n) is 4.50. The number of ether oxygens (including phenoxy) is 2. The molecule has 0 radical (unpaired) electrons. The first kappa shape index (κ1) is 22.5. The Morgan fingerprint density at radius 2 is 1.79 bits per heavy atom. The molecule has 0 saturated carbocycles. The van der Waals surface area contributed by atoms with Crippen LogP contribution in [0.2, 0.25) is 0 Å². The molecule has 2 fully saturated rings. The molecule has 1 amide bonds. The first-order valence-corrected chi connectivity index (χ1v) is 11.6. The molecule has 3 aromatic rings. The van der Waals surface area contributed by atoms with E-state index < -0.39 is 0 Å². The summed E-state index contributed by atoms with van der Waals surface area (Å²) in [6.45, 7) is 8.40. The highest BCUT2D eigenvalue weighted by atomic mass is 16.5. The smallest absolute Gasteiger partial charge is 0.259 e. The molecular weight excluding hydrogens is 434 g/mol. The first-order chi connectivity index (χ1) is 16.6. The minimum atomic E-state index is -0.209. The van der Waals surface area contributed by atoms with Gasteiger partial charge < -0.3 is 24.7 Å². The maximum Gasteiger partial charge on any atom is 0.259 e. The van der Waals surface area contributed by atoms with Gasteiger partial charge in [-0.15, -0.1) is 0 Å². The number of rotatable bonds is 5. The molecule has 5 rings (SSSR count). The van der Waals surface area contributed by atoms with Gasteiger partial charge in [0, 0.05) is 61.6 Å². The van der Waals surface area contributed by atoms with Crippen molar-refractivity contribution in [3.63, 3.8) is 0 Å². The van der Waals surface area contributed by atoms with Crippen molar-refractivity contribution < 1.29 is 14.3 Å². The van der Waals surface area contributed by atoms with E-state index in [0.29, 0.717) is 43.4 Å². The Kier molecular flexibility index (Phi) is 6.57. The molecule has 0 spiro atoms. The third kappa shape index (κ3) is 4.96. The lowest BCUT2D eigenvalue weighted by molar-refractivity contribution is 0.0341. The Hall–Kier alpha value is -3.27. The van der Waals surface area contributed by atoms with Gasteiger partial charge in [0.05, 0.1) is 32.0 Å². The van der Waals surface area contributed by atoms with Crippen molar-refractivity contribution in [3.05, 3.63) is 63.6 Å². The van der Waals surface area contributed by atoms with Crippen molar-refractivity contribution in [1.82, 2.24) is 14.9 Å². The van der Waals surface area contributed by atoms with Gasteiger partial charge >= 0.3 is 0 Å². The molecule has 0 unspecified atom stereocenters. The number of aromatic amines is 1. The summed E-state index contributed by atoms with van der Waals surface area (Å²) in [6.07, 6.45) is 1.87. The largest absolute Gasteiger partial charge is 0.379 e. The van der Waals surface area contributed by atoms with E-state index in [1.54, 1.807) is 12.1 Å². The van der Waals surface area contributed by atoms with Crippen LogP contribution in [0.15, 0.2) is 41.3 Å². The lowest BCUT2D eigenvalue weighted by Gasteiger charge is -2.30. The van der Waals surface area contributed by atoms with Gasteiger partial charge in [-0.1, -0.05) is 0 Å². The predicted octanol–water partition coefficient (Wildman–Crippen LogP) is 2.15. The number of carbonyl (C=O) groups is 1. The van der Waals surface area contributed by atoms with Crippen LogP contribution in [-0.2, 0) is 16.0 Å². The van der Waals surface area contributed by atoms with E-state index in [4.69, 9.17) is 14.5 Å². The van der Waals surface area contributed by atoms with Crippen molar-refractivity contribution >= 4 is 28.3 Å². The number of amides is 1. The van der Waals surface area contributed by atoms with Crippen LogP contribution in [0.1, 0.15) is 21.5 Å². The Morgan fingerprint density at radius 3 is 2.56 bits per heavy atom. The quantitative estimate of drug-likeness (QED) is 0.598. The summed E-state index contributed by atoms with van der Waals surface area (Å²) in [4.78, 5) is 37.2. The third-order valence-electron chi connectivity index (χ3n) is 6.30. The van der Waals surface area contributed by atoms with Crippen LogP contribution in [0.3, 0.4) is 0 Å². The minimum absolute atomic E-state index is 0.139. The van der Waals surface area contributed by atoms with Crippen LogP contribution in [0, 0.1) is 6.92 Å². The van der Waals surface area contributed by atoms with E-state index in [1.165, 1.54) is 0 Å². The molecule has 178 valence electrons. The Morgan fingerprint density at radius 1 is 1.06 bits per heavy atom. The number of pyridine rings is 2. The van der Waals surface area contributed by atoms with Crippen molar-refractivity contribution in [3.8, 4) is 0 Å². The molecule has 0 aliphatic carbocycles. The summed E-state index contributed by atoms with van der Waals surface area (Å²) in [7, 11) is 0. The summed E-state index contributed by atoms with van der Waals surface area (Å²) in [6, 6.07) is 9.01. The zero-order valence-corrected chi connectivity index (χ0v) is 19.3. The van der Waals surface area contributed by atoms with E-state index in [1.807, 2.05) is 31.3 Å². The normalized spacial score (nSPS) is 17.1. The van der Waals surface area contributed by atoms with Crippen LogP contribution >= 0.6 is 0 Å². The predicted molar refractivity (Wildman–Crippen MR) is 131 cm³/mol. The molecule has 2 aliphatic rings. The number of aryl methyl sites for hydroxylation is 1. The van der Waals surface area contributed by atoms with Gasteiger partial charge in [0.25, 0.3) is 5.91 Å². The van der Waals surface area contributed by atoms with Crippen LogP contribution in [0.5, 0.6) is 0 Å². The lowest BCUT2D eigenvalue weighted by Crippen LogP contribution is -2.38. The molecule has 9 nitrogen and oxygen atoms in total. The zero-order valence-electron chi connectivity index (χ0n) is 19.3. The molecule has 1 aromatic carbocycles. The molecule has 2 aliphatic heterocycles. The number of hydrogen-bond donors (Lipinski definition) is 2. The highest BCUT2D eigenvalue weighted by molar-refractivity contribution is 6.08. The van der Waals surface area contributed by atoms with Gasteiger partial charge in [-0.3, -0.25) is 14.5 Å². The number of hydrogen-bond acceptors (Lipinski definition) is 7. The van der Waals surface area contributed by atoms with Crippen LogP contribution < -0.4 is 15.8 Å². The number of aromatic nitrogens is 2. The second kappa shape index (κ2) is 9.92. The number of fused-ring (bicyclic) bond motifs is 1. The molecule has 2 saturated heterocycles. The van der Waals surface area contributed by atoms with Crippen LogP contribution in [-0.4, -0.2) is 73.4 Å². The molecule has 4 heterocycles. The molecular formula is C25H29N5O4. The van der Waals surface area contributed by atoms with E-state index in [9.17, 15) is 9.59 Å². The highest BCUT2D eigenvalue weighted by Gasteiger charge is 2.22. The van der Waals surface area contributed by atoms with Gasteiger partial charge in [-0.25, -0.2) is 4.98 Å². The molecule has 9 heteroatoms. The van der Waals surface area contributed by atoms with Crippen molar-refractivity contribution in [2.24, 2.45) is 0 Å². The Balaban J connectivity index is 1.44. The standard InChI is InChI=1S/C25H29N5O4/c1-17-12-23(31)28-22-3-2-19(14-20(17)22)27-25(32)21-13-18(16-29-4-8-33-9-5-29)15-26-24(21)30-6-10-34-11-7-30/h2-3,12-15H,4-11,16H2,1H3,(H,27,32)(H,28,31). The Labute approximate surface area is 197 Å². The number of benzene rings is 1. The van der Waals surface area contributed by atoms with Gasteiger partial charge in [0.1, 0.15) is 5.82 Å². The van der Waals surface area contributed by atoms with Gasteiger partial charge in [-0.2, -0.15) is 0 Å². The molecule has 2 N–H and O–H groups in total. The highest BCUT2D eigenvalue weighted by Crippen LogP contribution is 2.24. The second-order valence-electron chi connectivity index (χ2n) is 8.73. The van der Waals surface area contributed by atoms with Crippen molar-refractivity contribution in [1.29, 1.82) is 0 Å². The number of anilines is 2. The molecule has 0 bridgehead atoms. The summed E-state index contributed by atoms with van der Waals surface area (Å²) in [5.41, 5.74) is 3.67. The second-order valence-corrected chi connectivity index (χ2v) is 8.73. The number of nitrogens with one attached hydrogen (secondary N) is 2. The Bertz CT molecular complexity index is 1250. The topological polar surface area (TPSA) is 99.8 Å². The van der Waals surface area contributed by atoms with Crippen LogP contribution in [0.25, 0.3) is 10.9 Å². The average Bonchev–Trinajstić information content (AvgIpc) is 2.85. The van der Waals surface area contributed by atoms with E-state index in [0.717, 1.165) is 54.9 Å². The SMILES string of the molecule is Cc1cc(=O)[nH]c2ccc(NC(=O)c3cc(CN4CCOCC4)cnc3N3CCOCC3)cc12. The van der Waals surface area contributed by atoms with Crippen LogP contribution in [0.4, 0.5) is 11.5 Å². The number of carbonyl (C=O) groups excluding carboxylic acids is 1.